The van der Waals surface area contributed by atoms with Gasteiger partial charge in [-0.1, -0.05) is 22.0 Å². The molecule has 0 aromatic heterocycles. The van der Waals surface area contributed by atoms with Gasteiger partial charge in [-0.05, 0) is 50.3 Å². The van der Waals surface area contributed by atoms with Crippen molar-refractivity contribution in [3.8, 4) is 0 Å². The van der Waals surface area contributed by atoms with Gasteiger partial charge < -0.3 is 20.2 Å². The molecule has 3 N–H and O–H groups in total. The molecule has 8 heteroatoms. The van der Waals surface area contributed by atoms with Crippen molar-refractivity contribution in [3.63, 3.8) is 0 Å². The van der Waals surface area contributed by atoms with Crippen LogP contribution in [0.2, 0.25) is 0 Å². The van der Waals surface area contributed by atoms with E-state index in [9.17, 15) is 15.4 Å². The van der Waals surface area contributed by atoms with Crippen LogP contribution in [0.25, 0.3) is 5.57 Å². The van der Waals surface area contributed by atoms with Gasteiger partial charge in [0.05, 0.1) is 6.61 Å². The van der Waals surface area contributed by atoms with E-state index in [-0.39, 0.29) is 5.76 Å². The van der Waals surface area contributed by atoms with Gasteiger partial charge >= 0.3 is 0 Å². The van der Waals surface area contributed by atoms with Gasteiger partial charge in [0.2, 0.25) is 0 Å². The van der Waals surface area contributed by atoms with Crippen LogP contribution in [0.1, 0.15) is 42.4 Å². The molecule has 28 heavy (non-hydrogen) atoms. The number of halogens is 1. The highest BCUT2D eigenvalue weighted by Crippen LogP contribution is 2.49. The highest BCUT2D eigenvalue weighted by atomic mass is 79.9. The number of aryl methyl sites for hydroxylation is 2. The van der Waals surface area contributed by atoms with Gasteiger partial charge in [0, 0.05) is 35.1 Å². The van der Waals surface area contributed by atoms with Gasteiger partial charge in [-0.15, -0.1) is 5.06 Å². The summed E-state index contributed by atoms with van der Waals surface area (Å²) in [5.41, 5.74) is 2.39. The lowest BCUT2D eigenvalue weighted by Crippen LogP contribution is -2.56. The fourth-order valence-corrected chi connectivity index (χ4v) is 5.46. The molecule has 7 nitrogen and oxygen atoms in total. The molecule has 0 amide bonds. The standard InChI is InChI=1S/C20H27BrN2O5/c1-12-10-13(2)16(14(21)11-12)17-18(24)20(5-7-22(26)8-6-20)23(19(17)25)28-15-4-3-9-27-15/h10-11,15,19,24-26H,3-9H2,1-2H3. The van der Waals surface area contributed by atoms with E-state index < -0.39 is 18.1 Å². The highest BCUT2D eigenvalue weighted by molar-refractivity contribution is 9.10. The van der Waals surface area contributed by atoms with Crippen molar-refractivity contribution in [1.29, 1.82) is 0 Å². The first kappa shape index (κ1) is 20.3. The van der Waals surface area contributed by atoms with E-state index in [0.29, 0.717) is 38.1 Å². The molecule has 4 rings (SSSR count). The fraction of sp³-hybridized carbons (Fsp3) is 0.600. The van der Waals surface area contributed by atoms with E-state index in [4.69, 9.17) is 9.57 Å². The van der Waals surface area contributed by atoms with E-state index in [1.54, 1.807) is 0 Å². The lowest BCUT2D eigenvalue weighted by molar-refractivity contribution is -0.337. The van der Waals surface area contributed by atoms with Gasteiger partial charge in [0.15, 0.2) is 12.5 Å². The Labute approximate surface area is 173 Å². The third-order valence-electron chi connectivity index (χ3n) is 5.99. The van der Waals surface area contributed by atoms with E-state index >= 15 is 0 Å². The number of aliphatic hydroxyl groups is 2. The van der Waals surface area contributed by atoms with Gasteiger partial charge in [0.25, 0.3) is 0 Å². The SMILES string of the molecule is Cc1cc(C)c(C2=C(O)C3(CCN(O)CC3)N(OC3CCCO3)C2O)c(Br)c1. The van der Waals surface area contributed by atoms with Crippen molar-refractivity contribution in [2.45, 2.75) is 57.6 Å². The molecule has 3 aliphatic heterocycles. The van der Waals surface area contributed by atoms with Crippen LogP contribution < -0.4 is 0 Å². The Hall–Kier alpha value is -1.00. The van der Waals surface area contributed by atoms with Crippen LogP contribution in [0.15, 0.2) is 22.4 Å². The molecule has 2 unspecified atom stereocenters. The molecule has 2 atom stereocenters. The van der Waals surface area contributed by atoms with Crippen LogP contribution in [0, 0.1) is 13.8 Å². The number of nitrogens with zero attached hydrogens (tertiary/aromatic N) is 2. The topological polar surface area (TPSA) is 85.6 Å². The molecule has 0 bridgehead atoms. The average molecular weight is 455 g/mol. The van der Waals surface area contributed by atoms with Crippen LogP contribution in [0.5, 0.6) is 0 Å². The second-order valence-corrected chi connectivity index (χ2v) is 8.79. The number of ether oxygens (including phenoxy) is 1. The minimum absolute atomic E-state index is 0.110. The van der Waals surface area contributed by atoms with Gasteiger partial charge in [0.1, 0.15) is 11.3 Å². The average Bonchev–Trinajstić information content (AvgIpc) is 3.21. The maximum atomic E-state index is 11.4. The molecule has 1 aromatic carbocycles. The Bertz CT molecular complexity index is 762. The maximum absolute atomic E-state index is 11.4. The number of aliphatic hydroxyl groups excluding tert-OH is 2. The number of hydrogen-bond acceptors (Lipinski definition) is 7. The summed E-state index contributed by atoms with van der Waals surface area (Å²) in [5, 5.41) is 35.2. The van der Waals surface area contributed by atoms with E-state index in [2.05, 4.69) is 15.9 Å². The quantitative estimate of drug-likeness (QED) is 0.645. The maximum Gasteiger partial charge on any atom is 0.177 e. The third kappa shape index (κ3) is 3.31. The van der Waals surface area contributed by atoms with Gasteiger partial charge in [-0.25, -0.2) is 0 Å². The van der Waals surface area contributed by atoms with E-state index in [1.165, 1.54) is 10.1 Å². The molecular formula is C20H27BrN2O5. The zero-order valence-corrected chi connectivity index (χ0v) is 17.8. The predicted molar refractivity (Wildman–Crippen MR) is 106 cm³/mol. The third-order valence-corrected chi connectivity index (χ3v) is 6.61. The number of piperidine rings is 1. The number of hydrogen-bond donors (Lipinski definition) is 3. The van der Waals surface area contributed by atoms with Crippen molar-refractivity contribution < 1.29 is 25.0 Å². The molecule has 3 heterocycles. The molecule has 0 aliphatic carbocycles. The lowest BCUT2D eigenvalue weighted by atomic mass is 9.85. The minimum Gasteiger partial charge on any atom is -0.510 e. The molecule has 1 spiro atoms. The molecule has 2 saturated heterocycles. The molecule has 1 aromatic rings. The highest BCUT2D eigenvalue weighted by Gasteiger charge is 2.56. The van der Waals surface area contributed by atoms with Crippen molar-refractivity contribution in [1.82, 2.24) is 10.1 Å². The van der Waals surface area contributed by atoms with Crippen molar-refractivity contribution in [2.75, 3.05) is 19.7 Å². The monoisotopic (exact) mass is 454 g/mol. The Balaban J connectivity index is 1.78. The van der Waals surface area contributed by atoms with Crippen LogP contribution in [0.3, 0.4) is 0 Å². The number of rotatable bonds is 3. The first-order valence-corrected chi connectivity index (χ1v) is 10.5. The van der Waals surface area contributed by atoms with Gasteiger partial charge in [-0.3, -0.25) is 4.84 Å². The molecule has 154 valence electrons. The molecule has 0 saturated carbocycles. The summed E-state index contributed by atoms with van der Waals surface area (Å²) in [6.45, 7) is 5.35. The summed E-state index contributed by atoms with van der Waals surface area (Å²) >= 11 is 3.60. The second kappa shape index (κ2) is 7.68. The Morgan fingerprint density at radius 3 is 2.57 bits per heavy atom. The summed E-state index contributed by atoms with van der Waals surface area (Å²) in [7, 11) is 0. The Morgan fingerprint density at radius 2 is 1.96 bits per heavy atom. The number of benzene rings is 1. The first-order valence-electron chi connectivity index (χ1n) is 9.74. The summed E-state index contributed by atoms with van der Waals surface area (Å²) < 4.78 is 6.43. The van der Waals surface area contributed by atoms with Crippen molar-refractivity contribution in [2.24, 2.45) is 0 Å². The summed E-state index contributed by atoms with van der Waals surface area (Å²) in [6, 6.07) is 4.00. The molecule has 3 aliphatic rings. The predicted octanol–water partition coefficient (Wildman–Crippen LogP) is 3.26. The van der Waals surface area contributed by atoms with Crippen LogP contribution in [-0.2, 0) is 9.57 Å². The Kier molecular flexibility index (Phi) is 5.56. The molecule has 2 fully saturated rings. The molecular weight excluding hydrogens is 428 g/mol. The zero-order chi connectivity index (χ0) is 20.1. The number of hydroxylamine groups is 4. The second-order valence-electron chi connectivity index (χ2n) is 7.93. The lowest BCUT2D eigenvalue weighted by Gasteiger charge is -2.43. The minimum atomic E-state index is -1.13. The summed E-state index contributed by atoms with van der Waals surface area (Å²) in [6.07, 6.45) is 0.951. The fourth-order valence-electron chi connectivity index (χ4n) is 4.57. The summed E-state index contributed by atoms with van der Waals surface area (Å²) in [5.74, 6) is 0.110. The van der Waals surface area contributed by atoms with E-state index in [1.807, 2.05) is 26.0 Å². The van der Waals surface area contributed by atoms with Gasteiger partial charge in [-0.2, -0.15) is 5.06 Å². The first-order chi connectivity index (χ1) is 13.3. The largest absolute Gasteiger partial charge is 0.510 e. The normalized spacial score (nSPS) is 28.6. The smallest absolute Gasteiger partial charge is 0.177 e. The van der Waals surface area contributed by atoms with Crippen molar-refractivity contribution in [3.05, 3.63) is 39.1 Å². The van der Waals surface area contributed by atoms with Crippen LogP contribution >= 0.6 is 15.9 Å². The van der Waals surface area contributed by atoms with E-state index in [0.717, 1.165) is 34.0 Å². The van der Waals surface area contributed by atoms with Crippen molar-refractivity contribution >= 4 is 21.5 Å². The Morgan fingerprint density at radius 1 is 1.25 bits per heavy atom. The zero-order valence-electron chi connectivity index (χ0n) is 16.2. The van der Waals surface area contributed by atoms with Crippen LogP contribution in [-0.4, -0.2) is 63.3 Å². The summed E-state index contributed by atoms with van der Waals surface area (Å²) in [4.78, 5) is 6.08. The molecule has 0 radical (unpaired) electrons. The van der Waals surface area contributed by atoms with Crippen LogP contribution in [0.4, 0.5) is 0 Å².